The minimum Gasteiger partial charge on any atom is -0.506 e. The summed E-state index contributed by atoms with van der Waals surface area (Å²) in [6, 6.07) is 11.6. The highest BCUT2D eigenvalue weighted by atomic mass is 35.5. The number of phenols is 1. The molecule has 0 bridgehead atoms. The van der Waals surface area contributed by atoms with Crippen molar-refractivity contribution in [3.8, 4) is 5.75 Å². The van der Waals surface area contributed by atoms with Crippen LogP contribution in [0.25, 0.3) is 0 Å². The van der Waals surface area contributed by atoms with Crippen LogP contribution in [0.2, 0.25) is 0 Å². The molecule has 2 saturated heterocycles. The first-order valence-corrected chi connectivity index (χ1v) is 14.9. The molecule has 2 aliphatic rings. The standard InChI is InChI=1S/C31H40N8O3.ClH.4H3N.4H2/c1-21(2)19-27(41)32-24-13-14-25(26(40)20-24)34-28(42)22-9-11-23(12-10-22)33-29-35-30(38-15-5-3-6-16-38)37-31(36-29)39-17-7-4-8-18-39;;;;;;;;;/h9-14,20-21,40H,3-8,15-19H2,1-2H3,(H,32,41)(H,34,42)(H,33,35,36,37);1H;4*1H3;4*1H. The highest BCUT2D eigenvalue weighted by Crippen LogP contribution is 2.28. The number of aromatic nitrogens is 3. The Morgan fingerprint density at radius 2 is 1.28 bits per heavy atom. The van der Waals surface area contributed by atoms with Gasteiger partial charge in [-0.2, -0.15) is 15.0 Å². The highest BCUT2D eigenvalue weighted by molar-refractivity contribution is 6.05. The van der Waals surface area contributed by atoms with E-state index in [0.29, 0.717) is 35.5 Å². The SMILES string of the molecule is CC(C)CC(=O)Nc1ccc(NC(=O)c2ccc(Nc3nc(N4CCCCC4)nc(N4CCCCC4)n3)cc2)c(O)c1.Cl.N.N.N.N.[HH].[HH].[HH].[HH]. The molecule has 16 N–H and O–H groups in total. The van der Waals surface area contributed by atoms with E-state index < -0.39 is 0 Å². The zero-order valence-corrected chi connectivity index (χ0v) is 28.4. The fourth-order valence-corrected chi connectivity index (χ4v) is 5.21. The summed E-state index contributed by atoms with van der Waals surface area (Å²) in [5.74, 6) is 1.49. The maximum Gasteiger partial charge on any atom is 0.255 e. The molecule has 15 nitrogen and oxygen atoms in total. The molecule has 3 heterocycles. The van der Waals surface area contributed by atoms with Gasteiger partial charge in [-0.15, -0.1) is 12.4 Å². The lowest BCUT2D eigenvalue weighted by Gasteiger charge is -2.30. The van der Waals surface area contributed by atoms with E-state index >= 15 is 0 Å². The lowest BCUT2D eigenvalue weighted by atomic mass is 10.1. The largest absolute Gasteiger partial charge is 0.506 e. The maximum absolute atomic E-state index is 12.9. The molecular weight excluding hydrogens is 624 g/mol. The minimum absolute atomic E-state index is 0. The third kappa shape index (κ3) is 11.8. The molecule has 0 spiro atoms. The van der Waals surface area contributed by atoms with Gasteiger partial charge in [0.15, 0.2) is 0 Å². The van der Waals surface area contributed by atoms with E-state index in [4.69, 9.17) is 15.0 Å². The topological polar surface area (TPSA) is 276 Å². The number of benzene rings is 2. The molecule has 0 radical (unpaired) electrons. The van der Waals surface area contributed by atoms with Crippen LogP contribution in [0.4, 0.5) is 34.9 Å². The Morgan fingerprint density at radius 1 is 0.766 bits per heavy atom. The van der Waals surface area contributed by atoms with Crippen LogP contribution >= 0.6 is 12.4 Å². The van der Waals surface area contributed by atoms with Gasteiger partial charge in [-0.1, -0.05) is 13.8 Å². The quantitative estimate of drug-likeness (QED) is 0.101. The summed E-state index contributed by atoms with van der Waals surface area (Å²) < 4.78 is 0. The predicted octanol–water partition coefficient (Wildman–Crippen LogP) is 7.59. The smallest absolute Gasteiger partial charge is 0.255 e. The van der Waals surface area contributed by atoms with Gasteiger partial charge in [0.2, 0.25) is 23.8 Å². The normalized spacial score (nSPS) is 13.8. The summed E-state index contributed by atoms with van der Waals surface area (Å²) >= 11 is 0. The second-order valence-electron chi connectivity index (χ2n) is 11.4. The first-order chi connectivity index (χ1) is 20.3. The summed E-state index contributed by atoms with van der Waals surface area (Å²) in [5, 5.41) is 19.2. The number of amides is 2. The average Bonchev–Trinajstić information content (AvgIpc) is 2.99. The van der Waals surface area contributed by atoms with Gasteiger partial charge in [-0.25, -0.2) is 0 Å². The predicted molar refractivity (Wildman–Crippen MR) is 202 cm³/mol. The van der Waals surface area contributed by atoms with Crippen molar-refractivity contribution in [2.24, 2.45) is 5.92 Å². The van der Waals surface area contributed by atoms with E-state index in [9.17, 15) is 14.7 Å². The van der Waals surface area contributed by atoms with E-state index in [1.807, 2.05) is 13.8 Å². The third-order valence-electron chi connectivity index (χ3n) is 7.42. The zero-order valence-electron chi connectivity index (χ0n) is 27.6. The Balaban J connectivity index is -0.000000784. The van der Waals surface area contributed by atoms with Gasteiger partial charge < -0.3 is 55.5 Å². The molecule has 270 valence electrons. The van der Waals surface area contributed by atoms with Gasteiger partial charge in [0, 0.05) is 61.3 Å². The van der Waals surface area contributed by atoms with Crippen molar-refractivity contribution in [1.82, 2.24) is 39.6 Å². The Kier molecular flexibility index (Phi) is 18.2. The summed E-state index contributed by atoms with van der Waals surface area (Å²) in [4.78, 5) is 43.7. The van der Waals surface area contributed by atoms with Crippen molar-refractivity contribution in [3.05, 3.63) is 48.0 Å². The van der Waals surface area contributed by atoms with Crippen molar-refractivity contribution in [3.63, 3.8) is 0 Å². The fourth-order valence-electron chi connectivity index (χ4n) is 5.21. The second kappa shape index (κ2) is 20.1. The van der Waals surface area contributed by atoms with Crippen LogP contribution in [-0.2, 0) is 4.79 Å². The van der Waals surface area contributed by atoms with Crippen molar-refractivity contribution in [1.29, 1.82) is 0 Å². The van der Waals surface area contributed by atoms with E-state index in [1.54, 1.807) is 36.4 Å². The highest BCUT2D eigenvalue weighted by Gasteiger charge is 2.20. The number of piperidine rings is 2. The molecule has 2 aliphatic heterocycles. The molecule has 2 aromatic carbocycles. The number of phenolic OH excluding ortho intramolecular Hbond substituents is 1. The van der Waals surface area contributed by atoms with Gasteiger partial charge >= 0.3 is 0 Å². The van der Waals surface area contributed by atoms with Crippen LogP contribution in [0, 0.1) is 5.92 Å². The number of nitrogens with zero attached hydrogens (tertiary/aromatic N) is 5. The van der Waals surface area contributed by atoms with E-state index in [-0.39, 0.29) is 71.9 Å². The summed E-state index contributed by atoms with van der Waals surface area (Å²) in [6.45, 7) is 7.69. The van der Waals surface area contributed by atoms with Crippen LogP contribution in [0.1, 0.15) is 74.9 Å². The molecule has 47 heavy (non-hydrogen) atoms. The van der Waals surface area contributed by atoms with Gasteiger partial charge in [0.05, 0.1) is 5.69 Å². The number of anilines is 6. The molecule has 0 aliphatic carbocycles. The molecule has 0 saturated carbocycles. The maximum atomic E-state index is 12.9. The third-order valence-corrected chi connectivity index (χ3v) is 7.42. The Bertz CT molecular complexity index is 1380. The van der Waals surface area contributed by atoms with Gasteiger partial charge in [0.1, 0.15) is 5.75 Å². The summed E-state index contributed by atoms with van der Waals surface area (Å²) in [5.41, 5.74) is 1.89. The monoisotopic (exact) mass is 684 g/mol. The first-order valence-electron chi connectivity index (χ1n) is 14.9. The van der Waals surface area contributed by atoms with Crippen molar-refractivity contribution >= 4 is 59.1 Å². The molecule has 1 aromatic heterocycles. The average molecular weight is 685 g/mol. The number of hydrogen-bond acceptors (Lipinski definition) is 13. The van der Waals surface area contributed by atoms with Crippen LogP contribution in [0.5, 0.6) is 5.75 Å². The zero-order chi connectivity index (χ0) is 29.5. The molecular formula is C31H61ClN12O3. The number of carbonyl (C=O) groups is 2. The Hall–Kier alpha value is -4.28. The van der Waals surface area contributed by atoms with Crippen molar-refractivity contribution in [2.75, 3.05) is 51.9 Å². The fraction of sp³-hybridized carbons (Fsp3) is 0.452. The van der Waals surface area contributed by atoms with E-state index in [2.05, 4.69) is 25.8 Å². The Morgan fingerprint density at radius 3 is 1.77 bits per heavy atom. The number of nitrogens with one attached hydrogen (secondary N) is 3. The van der Waals surface area contributed by atoms with Gasteiger partial charge in [-0.3, -0.25) is 9.59 Å². The second-order valence-corrected chi connectivity index (χ2v) is 11.4. The van der Waals surface area contributed by atoms with E-state index in [0.717, 1.165) is 57.5 Å². The lowest BCUT2D eigenvalue weighted by molar-refractivity contribution is -0.116. The molecule has 2 amide bonds. The summed E-state index contributed by atoms with van der Waals surface area (Å²) in [6.07, 6.45) is 7.38. The number of rotatable bonds is 9. The lowest BCUT2D eigenvalue weighted by Crippen LogP contribution is -2.34. The van der Waals surface area contributed by atoms with Crippen LogP contribution in [0.3, 0.4) is 0 Å². The molecule has 2 fully saturated rings. The number of hydrogen-bond donors (Lipinski definition) is 8. The minimum atomic E-state index is -0.367. The molecule has 0 atom stereocenters. The van der Waals surface area contributed by atoms with Gasteiger partial charge in [0.25, 0.3) is 5.91 Å². The summed E-state index contributed by atoms with van der Waals surface area (Å²) in [7, 11) is 0. The molecule has 0 unspecified atom stereocenters. The molecule has 5 rings (SSSR count). The number of carbonyl (C=O) groups excluding carboxylic acids is 2. The van der Waals surface area contributed by atoms with Gasteiger partial charge in [-0.05, 0) is 80.8 Å². The molecule has 3 aromatic rings. The van der Waals surface area contributed by atoms with Crippen molar-refractivity contribution in [2.45, 2.75) is 58.8 Å². The number of aromatic hydroxyl groups is 1. The first kappa shape index (κ1) is 42.7. The van der Waals surface area contributed by atoms with Crippen molar-refractivity contribution < 1.29 is 20.4 Å². The number of halogens is 1. The molecule has 16 heteroatoms. The van der Waals surface area contributed by atoms with E-state index in [1.165, 1.54) is 18.9 Å². The van der Waals surface area contributed by atoms with Crippen LogP contribution < -0.4 is 50.4 Å². The Labute approximate surface area is 289 Å². The van der Waals surface area contributed by atoms with Crippen LogP contribution in [0.15, 0.2) is 42.5 Å². The van der Waals surface area contributed by atoms with Crippen LogP contribution in [-0.4, -0.2) is 58.1 Å².